The van der Waals surface area contributed by atoms with Crippen LogP contribution in [0.4, 0.5) is 0 Å². The van der Waals surface area contributed by atoms with E-state index in [1.54, 1.807) is 13.2 Å². The Morgan fingerprint density at radius 3 is 2.64 bits per heavy atom. The van der Waals surface area contributed by atoms with Gasteiger partial charge in [0.05, 0.1) is 7.11 Å². The lowest BCUT2D eigenvalue weighted by molar-refractivity contribution is 0.403. The molecule has 1 saturated heterocycles. The number of aromatic hydroxyl groups is 1. The van der Waals surface area contributed by atoms with Crippen LogP contribution in [0.1, 0.15) is 22.7 Å². The van der Waals surface area contributed by atoms with Gasteiger partial charge in [0, 0.05) is 18.2 Å². The van der Waals surface area contributed by atoms with Gasteiger partial charge in [0.15, 0.2) is 0 Å². The van der Waals surface area contributed by atoms with Gasteiger partial charge in [-0.3, -0.25) is 0 Å². The molecule has 3 heteroatoms. The van der Waals surface area contributed by atoms with E-state index < -0.39 is 0 Å². The average Bonchev–Trinajstić information content (AvgIpc) is 2.88. The summed E-state index contributed by atoms with van der Waals surface area (Å²) in [4.78, 5) is 0. The van der Waals surface area contributed by atoms with Gasteiger partial charge in [-0.25, -0.2) is 0 Å². The molecule has 0 aliphatic carbocycles. The Bertz CT molecular complexity index is 370. The third kappa shape index (κ3) is 1.34. The number of ether oxygens (including phenoxy) is 1. The topological polar surface area (TPSA) is 51.4 Å². The first-order chi connectivity index (χ1) is 6.65. The van der Waals surface area contributed by atoms with Gasteiger partial charge in [-0.05, 0) is 31.0 Å². The van der Waals surface area contributed by atoms with Gasteiger partial charge >= 0.3 is 0 Å². The van der Waals surface area contributed by atoms with E-state index in [-0.39, 0.29) is 0 Å². The Labute approximate surface area is 83.7 Å². The summed E-state index contributed by atoms with van der Waals surface area (Å²) in [5.41, 5.74) is 3.00. The fourth-order valence-electron chi connectivity index (χ4n) is 1.98. The fourth-order valence-corrected chi connectivity index (χ4v) is 1.98. The summed E-state index contributed by atoms with van der Waals surface area (Å²) in [5.74, 6) is 1.25. The molecule has 0 saturated carbocycles. The molecule has 1 fully saturated rings. The first-order valence-electron chi connectivity index (χ1n) is 4.75. The summed E-state index contributed by atoms with van der Waals surface area (Å²) in [6.07, 6.45) is 0. The predicted molar refractivity (Wildman–Crippen MR) is 54.9 cm³/mol. The molecule has 14 heavy (non-hydrogen) atoms. The highest BCUT2D eigenvalue weighted by atomic mass is 16.5. The zero-order valence-electron chi connectivity index (χ0n) is 8.72. The zero-order valence-corrected chi connectivity index (χ0v) is 8.72. The minimum absolute atomic E-state index is 0.310. The van der Waals surface area contributed by atoms with Crippen LogP contribution in [0.25, 0.3) is 0 Å². The van der Waals surface area contributed by atoms with Crippen LogP contribution in [0, 0.1) is 13.8 Å². The molecule has 3 nitrogen and oxygen atoms in total. The van der Waals surface area contributed by atoms with Crippen molar-refractivity contribution in [3.8, 4) is 11.5 Å². The molecule has 2 rings (SSSR count). The minimum atomic E-state index is 0.310. The normalized spacial score (nSPS) is 19.5. The maximum absolute atomic E-state index is 9.81. The molecule has 0 aromatic heterocycles. The van der Waals surface area contributed by atoms with Gasteiger partial charge in [0.25, 0.3) is 0 Å². The predicted octanol–water partition coefficient (Wildman–Crippen LogP) is 1.66. The lowest BCUT2D eigenvalue weighted by atomic mass is 10.00. The van der Waals surface area contributed by atoms with Crippen molar-refractivity contribution in [3.63, 3.8) is 0 Å². The maximum atomic E-state index is 9.81. The van der Waals surface area contributed by atoms with Gasteiger partial charge in [-0.2, -0.15) is 0 Å². The number of benzene rings is 1. The lowest BCUT2D eigenvalue weighted by Gasteiger charge is -2.14. The summed E-state index contributed by atoms with van der Waals surface area (Å²) in [5, 5.41) is 13.0. The van der Waals surface area contributed by atoms with Crippen molar-refractivity contribution in [2.24, 2.45) is 0 Å². The Morgan fingerprint density at radius 2 is 2.14 bits per heavy atom. The Morgan fingerprint density at radius 1 is 1.50 bits per heavy atom. The molecular weight excluding hydrogens is 178 g/mol. The number of methoxy groups -OCH3 is 1. The summed E-state index contributed by atoms with van der Waals surface area (Å²) < 4.78 is 5.31. The summed E-state index contributed by atoms with van der Waals surface area (Å²) >= 11 is 0. The number of phenolic OH excluding ortho intramolecular Hbond substituents is 1. The van der Waals surface area contributed by atoms with Crippen LogP contribution in [-0.2, 0) is 0 Å². The molecule has 0 unspecified atom stereocenters. The van der Waals surface area contributed by atoms with E-state index in [0.29, 0.717) is 11.8 Å². The van der Waals surface area contributed by atoms with Crippen molar-refractivity contribution in [2.45, 2.75) is 19.9 Å². The summed E-state index contributed by atoms with van der Waals surface area (Å²) in [6, 6.07) is 2.07. The monoisotopic (exact) mass is 193 g/mol. The Kier molecular flexibility index (Phi) is 2.11. The van der Waals surface area contributed by atoms with Gasteiger partial charge in [-0.15, -0.1) is 0 Å². The standard InChI is InChI=1S/C11H15NO2/c1-6-4-9(13)10(8-5-12-8)7(2)11(6)14-3/h4,8,12-13H,5H2,1-3H3/t8-/m1/s1. The number of phenols is 1. The number of hydrogen-bond acceptors (Lipinski definition) is 3. The molecule has 0 radical (unpaired) electrons. The average molecular weight is 193 g/mol. The van der Waals surface area contributed by atoms with Crippen LogP contribution >= 0.6 is 0 Å². The molecule has 2 N–H and O–H groups in total. The van der Waals surface area contributed by atoms with Crippen LogP contribution in [0.3, 0.4) is 0 Å². The first-order valence-corrected chi connectivity index (χ1v) is 4.75. The molecule has 76 valence electrons. The molecule has 0 spiro atoms. The second kappa shape index (κ2) is 3.17. The number of hydrogen-bond donors (Lipinski definition) is 2. The molecule has 1 heterocycles. The van der Waals surface area contributed by atoms with Gasteiger partial charge in [0.1, 0.15) is 11.5 Å². The SMILES string of the molecule is COc1c(C)cc(O)c([C@H]2CN2)c1C. The van der Waals surface area contributed by atoms with E-state index in [1.807, 2.05) is 13.8 Å². The number of aryl methyl sites for hydroxylation is 1. The highest BCUT2D eigenvalue weighted by molar-refractivity contribution is 5.54. The molecule has 1 aromatic rings. The highest BCUT2D eigenvalue weighted by Gasteiger charge is 2.28. The second-order valence-corrected chi connectivity index (χ2v) is 3.75. The third-order valence-corrected chi connectivity index (χ3v) is 2.69. The van der Waals surface area contributed by atoms with Crippen LogP contribution in [0.15, 0.2) is 6.07 Å². The molecule has 1 aliphatic heterocycles. The number of nitrogens with one attached hydrogen (secondary N) is 1. The van der Waals surface area contributed by atoms with Crippen LogP contribution in [0.5, 0.6) is 11.5 Å². The van der Waals surface area contributed by atoms with E-state index in [0.717, 1.165) is 29.0 Å². The molecular formula is C11H15NO2. The van der Waals surface area contributed by atoms with E-state index in [9.17, 15) is 5.11 Å². The Balaban J connectivity index is 2.58. The Hall–Kier alpha value is -1.22. The highest BCUT2D eigenvalue weighted by Crippen LogP contribution is 2.39. The van der Waals surface area contributed by atoms with Crippen LogP contribution in [-0.4, -0.2) is 18.8 Å². The summed E-state index contributed by atoms with van der Waals surface area (Å²) in [7, 11) is 1.66. The fraction of sp³-hybridized carbons (Fsp3) is 0.455. The minimum Gasteiger partial charge on any atom is -0.508 e. The van der Waals surface area contributed by atoms with Crippen molar-refractivity contribution in [1.82, 2.24) is 5.32 Å². The second-order valence-electron chi connectivity index (χ2n) is 3.75. The van der Waals surface area contributed by atoms with Crippen molar-refractivity contribution in [2.75, 3.05) is 13.7 Å². The first kappa shape index (κ1) is 9.34. The third-order valence-electron chi connectivity index (χ3n) is 2.69. The maximum Gasteiger partial charge on any atom is 0.125 e. The quantitative estimate of drug-likeness (QED) is 0.702. The zero-order chi connectivity index (χ0) is 10.3. The van der Waals surface area contributed by atoms with Gasteiger partial charge < -0.3 is 15.2 Å². The van der Waals surface area contributed by atoms with Gasteiger partial charge in [-0.1, -0.05) is 0 Å². The lowest BCUT2D eigenvalue weighted by Crippen LogP contribution is -1.97. The van der Waals surface area contributed by atoms with Crippen LogP contribution in [0.2, 0.25) is 0 Å². The number of rotatable bonds is 2. The van der Waals surface area contributed by atoms with E-state index in [4.69, 9.17) is 4.74 Å². The molecule has 0 bridgehead atoms. The van der Waals surface area contributed by atoms with Crippen molar-refractivity contribution < 1.29 is 9.84 Å². The molecule has 1 aromatic carbocycles. The van der Waals surface area contributed by atoms with E-state index in [1.165, 1.54) is 0 Å². The summed E-state index contributed by atoms with van der Waals surface area (Å²) in [6.45, 7) is 4.87. The van der Waals surface area contributed by atoms with E-state index >= 15 is 0 Å². The van der Waals surface area contributed by atoms with Crippen molar-refractivity contribution in [3.05, 3.63) is 22.8 Å². The van der Waals surface area contributed by atoms with E-state index in [2.05, 4.69) is 5.32 Å². The smallest absolute Gasteiger partial charge is 0.125 e. The molecule has 0 amide bonds. The van der Waals surface area contributed by atoms with Crippen molar-refractivity contribution >= 4 is 0 Å². The van der Waals surface area contributed by atoms with Crippen molar-refractivity contribution in [1.29, 1.82) is 0 Å². The van der Waals surface area contributed by atoms with Gasteiger partial charge in [0.2, 0.25) is 0 Å². The molecule has 1 aliphatic rings. The molecule has 1 atom stereocenters. The van der Waals surface area contributed by atoms with Crippen LogP contribution < -0.4 is 10.1 Å². The largest absolute Gasteiger partial charge is 0.508 e.